The van der Waals surface area contributed by atoms with Crippen LogP contribution in [0.3, 0.4) is 0 Å². The van der Waals surface area contributed by atoms with Crippen LogP contribution in [-0.2, 0) is 12.8 Å². The Balaban J connectivity index is 1.25. The lowest BCUT2D eigenvalue weighted by molar-refractivity contribution is -0.0168. The molecule has 37 heavy (non-hydrogen) atoms. The van der Waals surface area contributed by atoms with Crippen LogP contribution in [-0.4, -0.2) is 21.2 Å². The Morgan fingerprint density at radius 3 is 2.32 bits per heavy atom. The van der Waals surface area contributed by atoms with E-state index in [1.807, 2.05) is 12.1 Å². The van der Waals surface area contributed by atoms with Gasteiger partial charge < -0.3 is 5.32 Å². The third kappa shape index (κ3) is 4.56. The summed E-state index contributed by atoms with van der Waals surface area (Å²) in [5, 5.41) is 9.76. The molecule has 0 spiro atoms. The van der Waals surface area contributed by atoms with Crippen LogP contribution in [0.1, 0.15) is 129 Å². The van der Waals surface area contributed by atoms with Crippen molar-refractivity contribution in [2.45, 2.75) is 120 Å². The predicted octanol–water partition coefficient (Wildman–Crippen LogP) is 7.79. The van der Waals surface area contributed by atoms with Gasteiger partial charge in [0.1, 0.15) is 0 Å². The first-order chi connectivity index (χ1) is 18.1. The molecule has 6 aliphatic rings. The molecule has 5 heteroatoms. The number of nitrogens with zero attached hydrogens (tertiary/aromatic N) is 2. The SMILES string of the molecule is O=C(NC12CC3CC(CC(C3)C1)C2)c1nn(C2CCCCC2)c2c1CCCCC2Cc1ccccc1Cl. The first-order valence-corrected chi connectivity index (χ1v) is 15.6. The number of benzene rings is 1. The molecule has 1 heterocycles. The molecular weight excluding hydrogens is 478 g/mol. The molecule has 4 nitrogen and oxygen atoms in total. The van der Waals surface area contributed by atoms with Gasteiger partial charge in [-0.05, 0) is 106 Å². The number of fused-ring (bicyclic) bond motifs is 1. The zero-order valence-corrected chi connectivity index (χ0v) is 22.9. The van der Waals surface area contributed by atoms with Crippen molar-refractivity contribution in [1.82, 2.24) is 15.1 Å². The van der Waals surface area contributed by atoms with E-state index in [2.05, 4.69) is 22.1 Å². The highest BCUT2D eigenvalue weighted by molar-refractivity contribution is 6.31. The number of hydrogen-bond donors (Lipinski definition) is 1. The summed E-state index contributed by atoms with van der Waals surface area (Å²) >= 11 is 6.64. The van der Waals surface area contributed by atoms with E-state index in [1.165, 1.54) is 93.9 Å². The Hall–Kier alpha value is -1.81. The number of aromatic nitrogens is 2. The van der Waals surface area contributed by atoms with Gasteiger partial charge in [-0.2, -0.15) is 5.10 Å². The number of halogens is 1. The fourth-order valence-corrected chi connectivity index (χ4v) is 9.68. The maximum atomic E-state index is 14.1. The maximum Gasteiger partial charge on any atom is 0.272 e. The summed E-state index contributed by atoms with van der Waals surface area (Å²) in [6, 6.07) is 8.73. The summed E-state index contributed by atoms with van der Waals surface area (Å²) in [7, 11) is 0. The van der Waals surface area contributed by atoms with Crippen molar-refractivity contribution in [1.29, 1.82) is 0 Å². The Morgan fingerprint density at radius 2 is 1.62 bits per heavy atom. The summed E-state index contributed by atoms with van der Waals surface area (Å²) in [5.41, 5.74) is 4.61. The van der Waals surface area contributed by atoms with Gasteiger partial charge in [-0.15, -0.1) is 0 Å². The van der Waals surface area contributed by atoms with Gasteiger partial charge in [0, 0.05) is 27.7 Å². The van der Waals surface area contributed by atoms with Gasteiger partial charge in [-0.1, -0.05) is 55.5 Å². The Labute approximate surface area is 226 Å². The van der Waals surface area contributed by atoms with Crippen molar-refractivity contribution in [3.05, 3.63) is 51.8 Å². The minimum absolute atomic E-state index is 0.0228. The molecule has 1 aromatic carbocycles. The highest BCUT2D eigenvalue weighted by atomic mass is 35.5. The molecule has 1 atom stereocenters. The molecule has 1 unspecified atom stereocenters. The lowest BCUT2D eigenvalue weighted by Crippen LogP contribution is -2.60. The van der Waals surface area contributed by atoms with Crippen molar-refractivity contribution in [3.63, 3.8) is 0 Å². The second kappa shape index (κ2) is 9.74. The van der Waals surface area contributed by atoms with Gasteiger partial charge in [-0.25, -0.2) is 0 Å². The molecule has 2 aromatic rings. The zero-order chi connectivity index (χ0) is 25.0. The van der Waals surface area contributed by atoms with E-state index in [0.29, 0.717) is 12.0 Å². The molecule has 198 valence electrons. The lowest BCUT2D eigenvalue weighted by Gasteiger charge is -2.56. The van der Waals surface area contributed by atoms with Crippen LogP contribution < -0.4 is 5.32 Å². The Bertz CT molecular complexity index is 1130. The minimum Gasteiger partial charge on any atom is -0.345 e. The molecule has 5 saturated carbocycles. The molecule has 6 aliphatic carbocycles. The molecule has 0 radical (unpaired) electrons. The van der Waals surface area contributed by atoms with E-state index in [0.717, 1.165) is 54.2 Å². The first kappa shape index (κ1) is 24.2. The average Bonchev–Trinajstić information content (AvgIpc) is 3.14. The topological polar surface area (TPSA) is 46.9 Å². The van der Waals surface area contributed by atoms with Crippen LogP contribution in [0.25, 0.3) is 0 Å². The molecule has 4 bridgehead atoms. The Morgan fingerprint density at radius 1 is 0.946 bits per heavy atom. The van der Waals surface area contributed by atoms with E-state index in [4.69, 9.17) is 16.7 Å². The summed E-state index contributed by atoms with van der Waals surface area (Å²) in [6.45, 7) is 0. The Kier molecular flexibility index (Phi) is 6.38. The summed E-state index contributed by atoms with van der Waals surface area (Å²) in [6.07, 6.45) is 19.4. The van der Waals surface area contributed by atoms with Gasteiger partial charge in [0.25, 0.3) is 5.91 Å². The van der Waals surface area contributed by atoms with Crippen LogP contribution >= 0.6 is 11.6 Å². The number of carbonyl (C=O) groups excluding carboxylic acids is 1. The second-order valence-electron chi connectivity index (χ2n) is 13.3. The van der Waals surface area contributed by atoms with Gasteiger partial charge >= 0.3 is 0 Å². The molecular formula is C32H42ClN3O. The molecule has 1 aromatic heterocycles. The van der Waals surface area contributed by atoms with Gasteiger partial charge in [0.2, 0.25) is 0 Å². The standard InChI is InChI=1S/C32H42ClN3O/c33-28-13-7-5-8-24(28)17-25-9-4-6-12-27-29(35-36(30(25)27)26-10-2-1-3-11-26)31(37)34-32-18-21-14-22(19-32)16-23(15-21)20-32/h5,7-8,13,21-23,25-26H,1-4,6,9-12,14-20H2,(H,34,37). The number of hydrogen-bond acceptors (Lipinski definition) is 2. The van der Waals surface area contributed by atoms with Crippen molar-refractivity contribution >= 4 is 17.5 Å². The molecule has 8 rings (SSSR count). The molecule has 0 saturated heterocycles. The van der Waals surface area contributed by atoms with Gasteiger partial charge in [0.15, 0.2) is 5.69 Å². The highest BCUT2D eigenvalue weighted by Gasteiger charge is 2.52. The van der Waals surface area contributed by atoms with Gasteiger partial charge in [0.05, 0.1) is 6.04 Å². The number of carbonyl (C=O) groups is 1. The van der Waals surface area contributed by atoms with Crippen LogP contribution in [0.5, 0.6) is 0 Å². The molecule has 5 fully saturated rings. The molecule has 1 N–H and O–H groups in total. The van der Waals surface area contributed by atoms with Gasteiger partial charge in [-0.3, -0.25) is 9.48 Å². The lowest BCUT2D eigenvalue weighted by atomic mass is 9.53. The summed E-state index contributed by atoms with van der Waals surface area (Å²) in [5.74, 6) is 2.95. The largest absolute Gasteiger partial charge is 0.345 e. The fraction of sp³-hybridized carbons (Fsp3) is 0.688. The number of nitrogens with one attached hydrogen (secondary N) is 1. The normalized spacial score (nSPS) is 33.2. The molecule has 1 amide bonds. The highest BCUT2D eigenvalue weighted by Crippen LogP contribution is 2.55. The maximum absolute atomic E-state index is 14.1. The van der Waals surface area contributed by atoms with Crippen molar-refractivity contribution in [2.75, 3.05) is 0 Å². The van der Waals surface area contributed by atoms with Crippen LogP contribution in [0.4, 0.5) is 0 Å². The quantitative estimate of drug-likeness (QED) is 0.410. The fourth-order valence-electron chi connectivity index (χ4n) is 9.47. The summed E-state index contributed by atoms with van der Waals surface area (Å²) in [4.78, 5) is 14.1. The van der Waals surface area contributed by atoms with E-state index in [9.17, 15) is 4.79 Å². The zero-order valence-electron chi connectivity index (χ0n) is 22.2. The van der Waals surface area contributed by atoms with Crippen LogP contribution in [0, 0.1) is 17.8 Å². The van der Waals surface area contributed by atoms with Crippen molar-refractivity contribution in [2.24, 2.45) is 17.8 Å². The first-order valence-electron chi connectivity index (χ1n) is 15.2. The van der Waals surface area contributed by atoms with E-state index >= 15 is 0 Å². The van der Waals surface area contributed by atoms with Crippen molar-refractivity contribution < 1.29 is 4.79 Å². The number of amides is 1. The molecule has 0 aliphatic heterocycles. The third-order valence-corrected chi connectivity index (χ3v) is 11.0. The van der Waals surface area contributed by atoms with E-state index in [1.54, 1.807) is 0 Å². The average molecular weight is 520 g/mol. The van der Waals surface area contributed by atoms with Crippen LogP contribution in [0.2, 0.25) is 5.02 Å². The predicted molar refractivity (Wildman–Crippen MR) is 148 cm³/mol. The number of rotatable bonds is 5. The smallest absolute Gasteiger partial charge is 0.272 e. The van der Waals surface area contributed by atoms with E-state index in [-0.39, 0.29) is 11.4 Å². The van der Waals surface area contributed by atoms with Crippen molar-refractivity contribution in [3.8, 4) is 0 Å². The monoisotopic (exact) mass is 519 g/mol. The minimum atomic E-state index is 0.0228. The van der Waals surface area contributed by atoms with Crippen LogP contribution in [0.15, 0.2) is 24.3 Å². The van der Waals surface area contributed by atoms with E-state index < -0.39 is 0 Å². The second-order valence-corrected chi connectivity index (χ2v) is 13.7. The summed E-state index contributed by atoms with van der Waals surface area (Å²) < 4.78 is 2.36. The third-order valence-electron chi connectivity index (χ3n) is 10.6.